The molecule has 0 radical (unpaired) electrons. The van der Waals surface area contributed by atoms with Crippen LogP contribution in [-0.2, 0) is 0 Å². The van der Waals surface area contributed by atoms with Crippen LogP contribution in [0.25, 0.3) is 0 Å². The average Bonchev–Trinajstić information content (AvgIpc) is 2.30. The molecule has 0 atom stereocenters. The molecule has 0 aliphatic heterocycles. The number of hydrogen-bond acceptors (Lipinski definition) is 3. The second kappa shape index (κ2) is 5.28. The highest BCUT2D eigenvalue weighted by molar-refractivity contribution is 6.33. The number of carboxylic acid groups (broad SMARTS) is 1. The second-order valence-electron chi connectivity index (χ2n) is 4.36. The molecular formula is C14H13ClN2O2. The normalized spacial score (nSPS) is 10.3. The third-order valence-corrected chi connectivity index (χ3v) is 2.88. The molecule has 0 unspecified atom stereocenters. The Bertz CT molecular complexity index is 621. The summed E-state index contributed by atoms with van der Waals surface area (Å²) in [6.07, 6.45) is 1.33. The Kier molecular flexibility index (Phi) is 3.71. The number of aromatic nitrogens is 1. The predicted octanol–water partition coefficient (Wildman–Crippen LogP) is 3.79. The Balaban J connectivity index is 2.33. The van der Waals surface area contributed by atoms with Crippen molar-refractivity contribution in [3.63, 3.8) is 0 Å². The van der Waals surface area contributed by atoms with E-state index in [1.165, 1.54) is 12.3 Å². The quantitative estimate of drug-likeness (QED) is 0.895. The number of pyridine rings is 1. The minimum atomic E-state index is -1.07. The van der Waals surface area contributed by atoms with E-state index in [0.717, 1.165) is 16.8 Å². The van der Waals surface area contributed by atoms with Crippen molar-refractivity contribution in [1.29, 1.82) is 0 Å². The van der Waals surface area contributed by atoms with Crippen LogP contribution in [0.15, 0.2) is 30.5 Å². The van der Waals surface area contributed by atoms with Crippen LogP contribution in [0, 0.1) is 13.8 Å². The van der Waals surface area contributed by atoms with Gasteiger partial charge in [-0.25, -0.2) is 9.78 Å². The number of carbonyl (C=O) groups is 1. The second-order valence-corrected chi connectivity index (χ2v) is 4.76. The highest BCUT2D eigenvalue weighted by Crippen LogP contribution is 2.22. The van der Waals surface area contributed by atoms with Crippen molar-refractivity contribution in [1.82, 2.24) is 4.98 Å². The fraction of sp³-hybridized carbons (Fsp3) is 0.143. The van der Waals surface area contributed by atoms with Crippen LogP contribution in [0.5, 0.6) is 0 Å². The zero-order valence-electron chi connectivity index (χ0n) is 10.6. The molecule has 19 heavy (non-hydrogen) atoms. The van der Waals surface area contributed by atoms with Crippen molar-refractivity contribution in [3.05, 3.63) is 52.2 Å². The predicted molar refractivity (Wildman–Crippen MR) is 75.4 cm³/mol. The summed E-state index contributed by atoms with van der Waals surface area (Å²) in [6.45, 7) is 3.99. The van der Waals surface area contributed by atoms with Gasteiger partial charge in [0.25, 0.3) is 0 Å². The van der Waals surface area contributed by atoms with E-state index in [-0.39, 0.29) is 10.6 Å². The van der Waals surface area contributed by atoms with Crippen molar-refractivity contribution >= 4 is 29.1 Å². The van der Waals surface area contributed by atoms with Gasteiger partial charge in [0.05, 0.1) is 10.6 Å². The largest absolute Gasteiger partial charge is 0.478 e. The van der Waals surface area contributed by atoms with Crippen molar-refractivity contribution in [2.24, 2.45) is 0 Å². The zero-order valence-corrected chi connectivity index (χ0v) is 11.3. The van der Waals surface area contributed by atoms with Crippen molar-refractivity contribution in [3.8, 4) is 0 Å². The minimum absolute atomic E-state index is 0.0311. The van der Waals surface area contributed by atoms with Crippen LogP contribution in [0.4, 0.5) is 11.5 Å². The molecule has 0 spiro atoms. The molecule has 2 N–H and O–H groups in total. The van der Waals surface area contributed by atoms with Crippen LogP contribution in [0.3, 0.4) is 0 Å². The number of nitrogens with zero attached hydrogens (tertiary/aromatic N) is 1. The van der Waals surface area contributed by atoms with Gasteiger partial charge in [-0.3, -0.25) is 0 Å². The van der Waals surface area contributed by atoms with E-state index < -0.39 is 5.97 Å². The first-order chi connectivity index (χ1) is 8.95. The lowest BCUT2D eigenvalue weighted by atomic mass is 10.1. The Hall–Kier alpha value is -2.07. The summed E-state index contributed by atoms with van der Waals surface area (Å²) < 4.78 is 0. The lowest BCUT2D eigenvalue weighted by Crippen LogP contribution is -2.01. The molecule has 0 saturated carbocycles. The van der Waals surface area contributed by atoms with E-state index in [2.05, 4.69) is 16.4 Å². The lowest BCUT2D eigenvalue weighted by Gasteiger charge is -2.09. The monoisotopic (exact) mass is 276 g/mol. The Morgan fingerprint density at radius 3 is 2.42 bits per heavy atom. The summed E-state index contributed by atoms with van der Waals surface area (Å²) in [4.78, 5) is 15.1. The van der Waals surface area contributed by atoms with Crippen LogP contribution in [-0.4, -0.2) is 16.1 Å². The van der Waals surface area contributed by atoms with E-state index in [0.29, 0.717) is 5.82 Å². The topological polar surface area (TPSA) is 62.2 Å². The molecule has 0 fully saturated rings. The summed E-state index contributed by atoms with van der Waals surface area (Å²) in [5.41, 5.74) is 3.14. The molecule has 1 aromatic heterocycles. The number of aryl methyl sites for hydroxylation is 2. The zero-order chi connectivity index (χ0) is 14.0. The fourth-order valence-corrected chi connectivity index (χ4v) is 2.05. The van der Waals surface area contributed by atoms with Gasteiger partial charge in [-0.15, -0.1) is 0 Å². The van der Waals surface area contributed by atoms with Gasteiger partial charge in [-0.05, 0) is 43.2 Å². The molecule has 2 aromatic rings. The SMILES string of the molecule is Cc1cc(C)cc(Nc2cc(C(=O)O)c(Cl)cn2)c1. The van der Waals surface area contributed by atoms with Crippen LogP contribution < -0.4 is 5.32 Å². The van der Waals surface area contributed by atoms with Gasteiger partial charge in [0, 0.05) is 11.9 Å². The fourth-order valence-electron chi connectivity index (χ4n) is 1.87. The van der Waals surface area contributed by atoms with Gasteiger partial charge in [0.2, 0.25) is 0 Å². The number of nitrogens with one attached hydrogen (secondary N) is 1. The molecule has 0 bridgehead atoms. The first kappa shape index (κ1) is 13.4. The third-order valence-electron chi connectivity index (χ3n) is 2.58. The lowest BCUT2D eigenvalue weighted by molar-refractivity contribution is 0.0697. The van der Waals surface area contributed by atoms with Gasteiger partial charge in [-0.1, -0.05) is 17.7 Å². The smallest absolute Gasteiger partial charge is 0.337 e. The van der Waals surface area contributed by atoms with Crippen molar-refractivity contribution in [2.45, 2.75) is 13.8 Å². The molecule has 0 aliphatic carbocycles. The molecule has 1 aromatic carbocycles. The van der Waals surface area contributed by atoms with Gasteiger partial charge in [-0.2, -0.15) is 0 Å². The third kappa shape index (κ3) is 3.23. The van der Waals surface area contributed by atoms with Crippen molar-refractivity contribution in [2.75, 3.05) is 5.32 Å². The average molecular weight is 277 g/mol. The maximum atomic E-state index is 11.0. The van der Waals surface area contributed by atoms with Gasteiger partial charge >= 0.3 is 5.97 Å². The maximum absolute atomic E-state index is 11.0. The summed E-state index contributed by atoms with van der Waals surface area (Å²) in [6, 6.07) is 7.40. The molecule has 5 heteroatoms. The Morgan fingerprint density at radius 2 is 1.84 bits per heavy atom. The Labute approximate surface area is 116 Å². The summed E-state index contributed by atoms with van der Waals surface area (Å²) in [5.74, 6) is -0.623. The number of anilines is 2. The number of rotatable bonds is 3. The van der Waals surface area contributed by atoms with E-state index >= 15 is 0 Å². The summed E-state index contributed by atoms with van der Waals surface area (Å²) >= 11 is 5.77. The molecule has 0 amide bonds. The Morgan fingerprint density at radius 1 is 1.21 bits per heavy atom. The molecule has 1 heterocycles. The van der Waals surface area contributed by atoms with Gasteiger partial charge in [0.15, 0.2) is 0 Å². The maximum Gasteiger partial charge on any atom is 0.337 e. The molecule has 2 rings (SSSR count). The van der Waals surface area contributed by atoms with Crippen LogP contribution >= 0.6 is 11.6 Å². The van der Waals surface area contributed by atoms with E-state index in [4.69, 9.17) is 16.7 Å². The summed E-state index contributed by atoms with van der Waals surface area (Å²) in [5, 5.41) is 12.2. The molecular weight excluding hydrogens is 264 g/mol. The standard InChI is InChI=1S/C14H13ClN2O2/c1-8-3-9(2)5-10(4-8)17-13-6-11(14(18)19)12(15)7-16-13/h3-7H,1-2H3,(H,16,17)(H,18,19). The number of halogens is 1. The highest BCUT2D eigenvalue weighted by atomic mass is 35.5. The number of benzene rings is 1. The first-order valence-corrected chi connectivity index (χ1v) is 6.07. The number of carboxylic acids is 1. The van der Waals surface area contributed by atoms with Crippen LogP contribution in [0.1, 0.15) is 21.5 Å². The van der Waals surface area contributed by atoms with Crippen molar-refractivity contribution < 1.29 is 9.90 Å². The molecule has 4 nitrogen and oxygen atoms in total. The molecule has 0 aliphatic rings. The van der Waals surface area contributed by atoms with Gasteiger partial charge < -0.3 is 10.4 Å². The van der Waals surface area contributed by atoms with E-state index in [1.54, 1.807) is 0 Å². The number of hydrogen-bond donors (Lipinski definition) is 2. The summed E-state index contributed by atoms with van der Waals surface area (Å²) in [7, 11) is 0. The van der Waals surface area contributed by atoms with E-state index in [9.17, 15) is 4.79 Å². The molecule has 98 valence electrons. The first-order valence-electron chi connectivity index (χ1n) is 5.70. The van der Waals surface area contributed by atoms with Crippen LogP contribution in [0.2, 0.25) is 5.02 Å². The molecule has 0 saturated heterocycles. The van der Waals surface area contributed by atoms with E-state index in [1.807, 2.05) is 26.0 Å². The number of aromatic carboxylic acids is 1. The minimum Gasteiger partial charge on any atom is -0.478 e. The highest BCUT2D eigenvalue weighted by Gasteiger charge is 2.10. The van der Waals surface area contributed by atoms with Gasteiger partial charge in [0.1, 0.15) is 5.82 Å².